The normalized spacial score (nSPS) is 12.6. The summed E-state index contributed by atoms with van der Waals surface area (Å²) in [5.41, 5.74) is 1.13. The van der Waals surface area contributed by atoms with Crippen molar-refractivity contribution in [2.75, 3.05) is 0 Å². The van der Waals surface area contributed by atoms with Crippen molar-refractivity contribution in [2.45, 2.75) is 6.04 Å². The molecular formula is C16H13NOS3. The Morgan fingerprint density at radius 3 is 2.62 bits per heavy atom. The molecule has 3 aromatic rings. The maximum Gasteiger partial charge on any atom is 0.244 e. The second-order valence-corrected chi connectivity index (χ2v) is 7.10. The zero-order valence-electron chi connectivity index (χ0n) is 11.1. The number of carbonyl (C=O) groups is 1. The Morgan fingerprint density at radius 1 is 1.10 bits per heavy atom. The van der Waals surface area contributed by atoms with Crippen LogP contribution in [0.3, 0.4) is 0 Å². The maximum absolute atomic E-state index is 12.2. The van der Waals surface area contributed by atoms with Crippen molar-refractivity contribution >= 4 is 46.0 Å². The molecule has 2 nitrogen and oxygen atoms in total. The molecule has 0 aliphatic carbocycles. The zero-order valence-corrected chi connectivity index (χ0v) is 13.5. The van der Waals surface area contributed by atoms with Gasteiger partial charge in [0.2, 0.25) is 5.91 Å². The lowest BCUT2D eigenvalue weighted by Gasteiger charge is -2.15. The van der Waals surface area contributed by atoms with E-state index >= 15 is 0 Å². The van der Waals surface area contributed by atoms with Gasteiger partial charge in [0, 0.05) is 15.8 Å². The van der Waals surface area contributed by atoms with Gasteiger partial charge in [-0.3, -0.25) is 4.79 Å². The summed E-state index contributed by atoms with van der Waals surface area (Å²) in [6.45, 7) is 0. The number of hydrogen-bond donors (Lipinski definition) is 1. The third-order valence-corrected chi connectivity index (χ3v) is 5.41. The number of amides is 1. The van der Waals surface area contributed by atoms with Crippen LogP contribution in [0.5, 0.6) is 0 Å². The predicted octanol–water partition coefficient (Wildman–Crippen LogP) is 4.79. The number of thiophene rings is 3. The SMILES string of the molecule is O=C(/C=C/c1cccs1)N[C@@H](c1ccsc1)c1cccs1. The van der Waals surface area contributed by atoms with E-state index in [4.69, 9.17) is 0 Å². The number of rotatable bonds is 5. The van der Waals surface area contributed by atoms with E-state index in [1.165, 1.54) is 0 Å². The largest absolute Gasteiger partial charge is 0.341 e. The summed E-state index contributed by atoms with van der Waals surface area (Å²) in [6, 6.07) is 10.0. The Balaban J connectivity index is 1.74. The Morgan fingerprint density at radius 2 is 1.95 bits per heavy atom. The highest BCUT2D eigenvalue weighted by Crippen LogP contribution is 2.27. The van der Waals surface area contributed by atoms with Gasteiger partial charge in [0.1, 0.15) is 0 Å². The summed E-state index contributed by atoms with van der Waals surface area (Å²) in [4.78, 5) is 14.4. The van der Waals surface area contributed by atoms with Crippen molar-refractivity contribution in [3.63, 3.8) is 0 Å². The minimum absolute atomic E-state index is 0.0725. The Hall–Kier alpha value is -1.69. The molecule has 3 rings (SSSR count). The lowest BCUT2D eigenvalue weighted by atomic mass is 10.1. The van der Waals surface area contributed by atoms with E-state index < -0.39 is 0 Å². The number of hydrogen-bond acceptors (Lipinski definition) is 4. The fourth-order valence-corrected chi connectivity index (χ4v) is 4.05. The molecule has 0 unspecified atom stereocenters. The topological polar surface area (TPSA) is 29.1 Å². The highest BCUT2D eigenvalue weighted by Gasteiger charge is 2.17. The van der Waals surface area contributed by atoms with Crippen LogP contribution in [-0.2, 0) is 4.79 Å². The first-order valence-electron chi connectivity index (χ1n) is 6.40. The molecule has 0 saturated carbocycles. The van der Waals surface area contributed by atoms with E-state index in [-0.39, 0.29) is 11.9 Å². The van der Waals surface area contributed by atoms with E-state index in [0.29, 0.717) is 0 Å². The van der Waals surface area contributed by atoms with E-state index in [9.17, 15) is 4.79 Å². The fraction of sp³-hybridized carbons (Fsp3) is 0.0625. The molecule has 21 heavy (non-hydrogen) atoms. The summed E-state index contributed by atoms with van der Waals surface area (Å²) >= 11 is 4.91. The molecule has 5 heteroatoms. The molecule has 106 valence electrons. The van der Waals surface area contributed by atoms with Crippen LogP contribution in [0, 0.1) is 0 Å². The van der Waals surface area contributed by atoms with Gasteiger partial charge in [0.05, 0.1) is 6.04 Å². The monoisotopic (exact) mass is 331 g/mol. The van der Waals surface area contributed by atoms with Crippen LogP contribution in [-0.4, -0.2) is 5.91 Å². The molecule has 0 radical (unpaired) electrons. The average Bonchev–Trinajstić information content (AvgIpc) is 3.26. The molecule has 1 N–H and O–H groups in total. The van der Waals surface area contributed by atoms with Crippen LogP contribution in [0.25, 0.3) is 6.08 Å². The third-order valence-electron chi connectivity index (χ3n) is 2.93. The third kappa shape index (κ3) is 3.69. The molecule has 0 bridgehead atoms. The molecule has 3 heterocycles. The number of nitrogens with one attached hydrogen (secondary N) is 1. The van der Waals surface area contributed by atoms with Crippen LogP contribution >= 0.6 is 34.0 Å². The maximum atomic E-state index is 12.2. The Labute approximate surface area is 135 Å². The van der Waals surface area contributed by atoms with Gasteiger partial charge in [-0.1, -0.05) is 12.1 Å². The first kappa shape index (κ1) is 14.3. The summed E-state index contributed by atoms with van der Waals surface area (Å²) in [5.74, 6) is -0.0759. The van der Waals surface area contributed by atoms with Crippen LogP contribution in [0.1, 0.15) is 21.4 Å². The van der Waals surface area contributed by atoms with Crippen LogP contribution < -0.4 is 5.32 Å². The molecule has 1 amide bonds. The van der Waals surface area contributed by atoms with Gasteiger partial charge in [0.25, 0.3) is 0 Å². The molecular weight excluding hydrogens is 318 g/mol. The van der Waals surface area contributed by atoms with Crippen LogP contribution in [0.2, 0.25) is 0 Å². The van der Waals surface area contributed by atoms with Gasteiger partial charge >= 0.3 is 0 Å². The van der Waals surface area contributed by atoms with Crippen molar-refractivity contribution in [1.29, 1.82) is 0 Å². The summed E-state index contributed by atoms with van der Waals surface area (Å²) in [5, 5.41) is 11.2. The molecule has 0 spiro atoms. The minimum Gasteiger partial charge on any atom is -0.341 e. The molecule has 1 atom stereocenters. The van der Waals surface area contributed by atoms with Gasteiger partial charge in [-0.05, 0) is 51.4 Å². The molecule has 0 fully saturated rings. The van der Waals surface area contributed by atoms with Gasteiger partial charge in [-0.2, -0.15) is 11.3 Å². The zero-order chi connectivity index (χ0) is 14.5. The summed E-state index contributed by atoms with van der Waals surface area (Å²) < 4.78 is 0. The van der Waals surface area contributed by atoms with Crippen molar-refractivity contribution in [3.8, 4) is 0 Å². The van der Waals surface area contributed by atoms with Crippen LogP contribution in [0.4, 0.5) is 0 Å². The molecule has 0 aromatic carbocycles. The molecule has 3 aromatic heterocycles. The van der Waals surface area contributed by atoms with Crippen molar-refractivity contribution in [1.82, 2.24) is 5.32 Å². The number of carbonyl (C=O) groups excluding carboxylic acids is 1. The predicted molar refractivity (Wildman–Crippen MR) is 92.0 cm³/mol. The average molecular weight is 331 g/mol. The quantitative estimate of drug-likeness (QED) is 0.669. The van der Waals surface area contributed by atoms with Gasteiger partial charge in [-0.15, -0.1) is 22.7 Å². The lowest BCUT2D eigenvalue weighted by molar-refractivity contribution is -0.116. The van der Waals surface area contributed by atoms with Gasteiger partial charge in [-0.25, -0.2) is 0 Å². The Bertz CT molecular complexity index is 663. The first-order chi connectivity index (χ1) is 10.3. The van der Waals surface area contributed by atoms with Gasteiger partial charge < -0.3 is 5.32 Å². The van der Waals surface area contributed by atoms with E-state index in [0.717, 1.165) is 15.3 Å². The van der Waals surface area contributed by atoms with E-state index in [1.807, 2.05) is 40.4 Å². The molecule has 0 aliphatic heterocycles. The highest BCUT2D eigenvalue weighted by atomic mass is 32.1. The summed E-state index contributed by atoms with van der Waals surface area (Å²) in [6.07, 6.45) is 3.44. The second kappa shape index (κ2) is 6.85. The van der Waals surface area contributed by atoms with Crippen molar-refractivity contribution in [3.05, 3.63) is 73.2 Å². The highest BCUT2D eigenvalue weighted by molar-refractivity contribution is 7.11. The smallest absolute Gasteiger partial charge is 0.244 e. The second-order valence-electron chi connectivity index (χ2n) is 4.36. The summed E-state index contributed by atoms with van der Waals surface area (Å²) in [7, 11) is 0. The van der Waals surface area contributed by atoms with Crippen molar-refractivity contribution < 1.29 is 4.79 Å². The molecule has 0 saturated heterocycles. The van der Waals surface area contributed by atoms with Crippen LogP contribution in [0.15, 0.2) is 57.9 Å². The Kier molecular flexibility index (Phi) is 4.65. The standard InChI is InChI=1S/C16H13NOS3/c18-15(6-5-13-3-1-8-20-13)17-16(12-7-10-19-11-12)14-4-2-9-21-14/h1-11,16H,(H,17,18)/b6-5+/t16-/m0/s1. The first-order valence-corrected chi connectivity index (χ1v) is 9.11. The minimum atomic E-state index is -0.0759. The lowest BCUT2D eigenvalue weighted by Crippen LogP contribution is -2.26. The van der Waals surface area contributed by atoms with E-state index in [1.54, 1.807) is 40.1 Å². The van der Waals surface area contributed by atoms with Crippen molar-refractivity contribution in [2.24, 2.45) is 0 Å². The fourth-order valence-electron chi connectivity index (χ4n) is 1.95. The van der Waals surface area contributed by atoms with Gasteiger partial charge in [0.15, 0.2) is 0 Å². The van der Waals surface area contributed by atoms with E-state index in [2.05, 4.69) is 22.8 Å². The molecule has 0 aliphatic rings.